The largest absolute Gasteiger partial charge is 0.342 e. The highest BCUT2D eigenvalue weighted by Gasteiger charge is 2.04. The minimum Gasteiger partial charge on any atom is -0.342 e. The molecular weight excluding hydrogens is 253 g/mol. The van der Waals surface area contributed by atoms with E-state index < -0.39 is 0 Å². The maximum atomic E-state index is 12.9. The van der Waals surface area contributed by atoms with Crippen LogP contribution in [-0.2, 0) is 17.8 Å². The van der Waals surface area contributed by atoms with E-state index in [4.69, 9.17) is 0 Å². The van der Waals surface area contributed by atoms with E-state index in [0.717, 1.165) is 23.1 Å². The number of hydrogen-bond acceptors (Lipinski definition) is 1. The van der Waals surface area contributed by atoms with E-state index in [1.54, 1.807) is 31.0 Å². The normalized spacial score (nSPS) is 10.3. The van der Waals surface area contributed by atoms with Crippen molar-refractivity contribution in [2.24, 2.45) is 0 Å². The molecule has 0 aromatic heterocycles. The van der Waals surface area contributed by atoms with Gasteiger partial charge < -0.3 is 4.90 Å². The van der Waals surface area contributed by atoms with Crippen LogP contribution in [0.15, 0.2) is 48.5 Å². The van der Waals surface area contributed by atoms with Gasteiger partial charge in [-0.15, -0.1) is 0 Å². The van der Waals surface area contributed by atoms with Gasteiger partial charge in [-0.1, -0.05) is 36.4 Å². The van der Waals surface area contributed by atoms with E-state index in [-0.39, 0.29) is 11.7 Å². The Balaban J connectivity index is 2.09. The van der Waals surface area contributed by atoms with E-state index in [2.05, 4.69) is 6.07 Å². The smallest absolute Gasteiger partial charge is 0.219 e. The second-order valence-corrected chi connectivity index (χ2v) is 5.00. The van der Waals surface area contributed by atoms with Gasteiger partial charge in [-0.05, 0) is 35.2 Å². The number of amides is 1. The molecule has 104 valence electrons. The molecule has 2 aromatic carbocycles. The van der Waals surface area contributed by atoms with Crippen LogP contribution in [0.3, 0.4) is 0 Å². The summed E-state index contributed by atoms with van der Waals surface area (Å²) in [6.45, 7) is 2.16. The van der Waals surface area contributed by atoms with Gasteiger partial charge in [0, 0.05) is 20.5 Å². The summed E-state index contributed by atoms with van der Waals surface area (Å²) in [7, 11) is 1.79. The lowest BCUT2D eigenvalue weighted by atomic mass is 10.0. The maximum Gasteiger partial charge on any atom is 0.219 e. The summed E-state index contributed by atoms with van der Waals surface area (Å²) in [5, 5.41) is 0. The van der Waals surface area contributed by atoms with Gasteiger partial charge in [0.2, 0.25) is 5.91 Å². The number of carbonyl (C=O) groups excluding carboxylic acids is 1. The lowest BCUT2D eigenvalue weighted by Gasteiger charge is -2.15. The van der Waals surface area contributed by atoms with Crippen LogP contribution < -0.4 is 0 Å². The first-order valence-electron chi connectivity index (χ1n) is 6.58. The van der Waals surface area contributed by atoms with E-state index in [9.17, 15) is 9.18 Å². The molecule has 0 aliphatic heterocycles. The van der Waals surface area contributed by atoms with Crippen LogP contribution in [0.25, 0.3) is 0 Å². The van der Waals surface area contributed by atoms with Crippen molar-refractivity contribution < 1.29 is 9.18 Å². The van der Waals surface area contributed by atoms with Crippen LogP contribution in [-0.4, -0.2) is 17.9 Å². The van der Waals surface area contributed by atoms with E-state index in [1.165, 1.54) is 12.1 Å². The molecule has 0 radical (unpaired) electrons. The Bertz CT molecular complexity index is 592. The Labute approximate surface area is 118 Å². The van der Waals surface area contributed by atoms with Crippen molar-refractivity contribution in [3.05, 3.63) is 71.0 Å². The average molecular weight is 271 g/mol. The molecule has 0 unspecified atom stereocenters. The Morgan fingerprint density at radius 1 is 1.05 bits per heavy atom. The lowest BCUT2D eigenvalue weighted by molar-refractivity contribution is -0.128. The van der Waals surface area contributed by atoms with Crippen LogP contribution in [0, 0.1) is 5.82 Å². The topological polar surface area (TPSA) is 20.3 Å². The van der Waals surface area contributed by atoms with Crippen molar-refractivity contribution in [1.29, 1.82) is 0 Å². The highest BCUT2D eigenvalue weighted by molar-refractivity contribution is 5.72. The van der Waals surface area contributed by atoms with Gasteiger partial charge in [0.05, 0.1) is 0 Å². The second-order valence-electron chi connectivity index (χ2n) is 5.00. The fourth-order valence-corrected chi connectivity index (χ4v) is 2.06. The van der Waals surface area contributed by atoms with Crippen molar-refractivity contribution >= 4 is 5.91 Å². The molecule has 0 atom stereocenters. The third-order valence-electron chi connectivity index (χ3n) is 3.27. The maximum absolute atomic E-state index is 12.9. The molecule has 2 rings (SSSR count). The van der Waals surface area contributed by atoms with Crippen LogP contribution in [0.5, 0.6) is 0 Å². The SMILES string of the molecule is CC(=O)N(C)Cc1cccc(Cc2ccc(F)cc2)c1. The molecule has 2 nitrogen and oxygen atoms in total. The molecule has 0 fully saturated rings. The van der Waals surface area contributed by atoms with Gasteiger partial charge in [0.15, 0.2) is 0 Å². The minimum absolute atomic E-state index is 0.0499. The number of rotatable bonds is 4. The summed E-state index contributed by atoms with van der Waals surface area (Å²) < 4.78 is 12.9. The summed E-state index contributed by atoms with van der Waals surface area (Å²) in [5.41, 5.74) is 3.33. The molecule has 0 heterocycles. The monoisotopic (exact) mass is 271 g/mol. The molecule has 0 saturated carbocycles. The summed E-state index contributed by atoms with van der Waals surface area (Å²) in [6, 6.07) is 14.7. The van der Waals surface area contributed by atoms with Crippen molar-refractivity contribution in [2.75, 3.05) is 7.05 Å². The molecule has 0 saturated heterocycles. The number of hydrogen-bond donors (Lipinski definition) is 0. The van der Waals surface area contributed by atoms with Gasteiger partial charge >= 0.3 is 0 Å². The quantitative estimate of drug-likeness (QED) is 0.834. The zero-order chi connectivity index (χ0) is 14.5. The molecular formula is C17H18FNO. The number of nitrogens with zero attached hydrogens (tertiary/aromatic N) is 1. The predicted octanol–water partition coefficient (Wildman–Crippen LogP) is 3.39. The standard InChI is InChI=1S/C17H18FNO/c1-13(20)19(2)12-16-5-3-4-15(11-16)10-14-6-8-17(18)9-7-14/h3-9,11H,10,12H2,1-2H3. The van der Waals surface area contributed by atoms with E-state index in [0.29, 0.717) is 6.54 Å². The first-order valence-corrected chi connectivity index (χ1v) is 6.58. The zero-order valence-corrected chi connectivity index (χ0v) is 11.8. The second kappa shape index (κ2) is 6.33. The zero-order valence-electron chi connectivity index (χ0n) is 11.8. The van der Waals surface area contributed by atoms with Crippen molar-refractivity contribution in [1.82, 2.24) is 4.90 Å². The summed E-state index contributed by atoms with van der Waals surface area (Å²) in [6.07, 6.45) is 0.762. The predicted molar refractivity (Wildman–Crippen MR) is 77.8 cm³/mol. The van der Waals surface area contributed by atoms with Crippen LogP contribution in [0.1, 0.15) is 23.6 Å². The van der Waals surface area contributed by atoms with Crippen LogP contribution in [0.4, 0.5) is 4.39 Å². The number of carbonyl (C=O) groups is 1. The Hall–Kier alpha value is -2.16. The summed E-state index contributed by atoms with van der Waals surface area (Å²) in [4.78, 5) is 12.9. The Morgan fingerprint density at radius 2 is 1.70 bits per heavy atom. The van der Waals surface area contributed by atoms with E-state index in [1.807, 2.05) is 18.2 Å². The molecule has 0 bridgehead atoms. The third kappa shape index (κ3) is 3.92. The Morgan fingerprint density at radius 3 is 2.35 bits per heavy atom. The third-order valence-corrected chi connectivity index (χ3v) is 3.27. The van der Waals surface area contributed by atoms with Gasteiger partial charge in [0.25, 0.3) is 0 Å². The van der Waals surface area contributed by atoms with Crippen LogP contribution in [0.2, 0.25) is 0 Å². The average Bonchev–Trinajstić information content (AvgIpc) is 2.42. The molecule has 1 amide bonds. The molecule has 0 N–H and O–H groups in total. The number of halogens is 1. The van der Waals surface area contributed by atoms with Gasteiger partial charge in [-0.25, -0.2) is 4.39 Å². The molecule has 0 aliphatic rings. The highest BCUT2D eigenvalue weighted by Crippen LogP contribution is 2.13. The molecule has 20 heavy (non-hydrogen) atoms. The van der Waals surface area contributed by atoms with Gasteiger partial charge in [0.1, 0.15) is 5.82 Å². The molecule has 2 aromatic rings. The Kier molecular flexibility index (Phi) is 4.51. The summed E-state index contributed by atoms with van der Waals surface area (Å²) >= 11 is 0. The van der Waals surface area contributed by atoms with E-state index >= 15 is 0 Å². The van der Waals surface area contributed by atoms with Crippen molar-refractivity contribution in [3.8, 4) is 0 Å². The van der Waals surface area contributed by atoms with Crippen molar-refractivity contribution in [2.45, 2.75) is 19.9 Å². The lowest BCUT2D eigenvalue weighted by Crippen LogP contribution is -2.23. The number of benzene rings is 2. The fraction of sp³-hybridized carbons (Fsp3) is 0.235. The highest BCUT2D eigenvalue weighted by atomic mass is 19.1. The fourth-order valence-electron chi connectivity index (χ4n) is 2.06. The summed E-state index contributed by atoms with van der Waals surface area (Å²) in [5.74, 6) is -0.167. The molecule has 0 spiro atoms. The van der Waals surface area contributed by atoms with Gasteiger partial charge in [-0.2, -0.15) is 0 Å². The minimum atomic E-state index is -0.217. The molecule has 0 aliphatic carbocycles. The first-order chi connectivity index (χ1) is 9.54. The first kappa shape index (κ1) is 14.3. The van der Waals surface area contributed by atoms with Crippen LogP contribution >= 0.6 is 0 Å². The molecule has 3 heteroatoms. The van der Waals surface area contributed by atoms with Gasteiger partial charge in [-0.3, -0.25) is 4.79 Å². The van der Waals surface area contributed by atoms with Crippen molar-refractivity contribution in [3.63, 3.8) is 0 Å².